The molecule has 0 rings (SSSR count). The van der Waals surface area contributed by atoms with Gasteiger partial charge in [0.1, 0.15) is 0 Å². The molecule has 0 saturated carbocycles. The summed E-state index contributed by atoms with van der Waals surface area (Å²) in [6.07, 6.45) is 4.49. The van der Waals surface area contributed by atoms with E-state index in [2.05, 4.69) is 16.7 Å². The first-order valence-corrected chi connectivity index (χ1v) is 6.06. The Labute approximate surface area is 97.2 Å². The topological polar surface area (TPSA) is 52.6 Å². The molecule has 16 heavy (non-hydrogen) atoms. The molecular formula is C12H22O4. The van der Waals surface area contributed by atoms with Crippen molar-refractivity contribution in [1.29, 1.82) is 0 Å². The average Bonchev–Trinajstić information content (AvgIpc) is 2.28. The predicted octanol–water partition coefficient (Wildman–Crippen LogP) is 3.00. The van der Waals surface area contributed by atoms with Crippen LogP contribution in [-0.2, 0) is 19.4 Å². The molecule has 0 amide bonds. The molecule has 0 aliphatic carbocycles. The zero-order valence-electron chi connectivity index (χ0n) is 10.5. The molecular weight excluding hydrogens is 208 g/mol. The van der Waals surface area contributed by atoms with Crippen LogP contribution in [-0.4, -0.2) is 11.9 Å². The van der Waals surface area contributed by atoms with Crippen molar-refractivity contribution >= 4 is 11.9 Å². The fourth-order valence-electron chi connectivity index (χ4n) is 1.34. The molecule has 4 nitrogen and oxygen atoms in total. The zero-order valence-corrected chi connectivity index (χ0v) is 10.5. The van der Waals surface area contributed by atoms with Crippen molar-refractivity contribution in [3.05, 3.63) is 0 Å². The summed E-state index contributed by atoms with van der Waals surface area (Å²) in [5.41, 5.74) is 0. The van der Waals surface area contributed by atoms with E-state index >= 15 is 0 Å². The van der Waals surface area contributed by atoms with E-state index in [9.17, 15) is 9.59 Å². The molecule has 0 bridgehead atoms. The van der Waals surface area contributed by atoms with E-state index in [0.29, 0.717) is 12.8 Å². The molecule has 4 heteroatoms. The Kier molecular flexibility index (Phi) is 8.58. The largest absolute Gasteiger partial charge is 0.358 e. The lowest BCUT2D eigenvalue weighted by molar-refractivity contribution is -0.262. The summed E-state index contributed by atoms with van der Waals surface area (Å²) >= 11 is 0. The Morgan fingerprint density at radius 2 is 1.75 bits per heavy atom. The van der Waals surface area contributed by atoms with Gasteiger partial charge in [0, 0.05) is 6.42 Å². The summed E-state index contributed by atoms with van der Waals surface area (Å²) in [6.45, 7) is 5.86. The molecule has 1 unspecified atom stereocenters. The van der Waals surface area contributed by atoms with Gasteiger partial charge in [-0.2, -0.15) is 0 Å². The van der Waals surface area contributed by atoms with Crippen molar-refractivity contribution in [1.82, 2.24) is 0 Å². The third-order valence-corrected chi connectivity index (χ3v) is 2.40. The lowest BCUT2D eigenvalue weighted by atomic mass is 10.00. The fraction of sp³-hybridized carbons (Fsp3) is 0.833. The van der Waals surface area contributed by atoms with E-state index < -0.39 is 11.9 Å². The molecule has 0 fully saturated rings. The number of rotatable bonds is 7. The standard InChI is InChI=1S/C12H22O4/c1-4-7-9-10(6-3)12(14)16-15-11(13)8-5-2/h10H,4-9H2,1-3H3. The lowest BCUT2D eigenvalue weighted by Gasteiger charge is -2.11. The first-order valence-electron chi connectivity index (χ1n) is 6.06. The second-order valence-corrected chi connectivity index (χ2v) is 3.86. The molecule has 0 aliphatic heterocycles. The molecule has 0 N–H and O–H groups in total. The minimum atomic E-state index is -0.485. The second kappa shape index (κ2) is 9.19. The Morgan fingerprint density at radius 1 is 1.06 bits per heavy atom. The number of unbranched alkanes of at least 4 members (excludes halogenated alkanes) is 1. The highest BCUT2D eigenvalue weighted by Gasteiger charge is 2.20. The third kappa shape index (κ3) is 6.43. The third-order valence-electron chi connectivity index (χ3n) is 2.40. The van der Waals surface area contributed by atoms with E-state index in [-0.39, 0.29) is 12.3 Å². The first kappa shape index (κ1) is 14.9. The van der Waals surface area contributed by atoms with Gasteiger partial charge in [0.05, 0.1) is 5.92 Å². The van der Waals surface area contributed by atoms with E-state index in [4.69, 9.17) is 0 Å². The van der Waals surface area contributed by atoms with Crippen molar-refractivity contribution in [3.8, 4) is 0 Å². The van der Waals surface area contributed by atoms with Gasteiger partial charge in [-0.15, -0.1) is 0 Å². The molecule has 0 heterocycles. The van der Waals surface area contributed by atoms with Gasteiger partial charge in [0.2, 0.25) is 0 Å². The minimum absolute atomic E-state index is 0.158. The molecule has 0 aromatic heterocycles. The molecule has 0 saturated heterocycles. The molecule has 0 spiro atoms. The normalized spacial score (nSPS) is 11.9. The summed E-state index contributed by atoms with van der Waals surface area (Å²) < 4.78 is 0. The van der Waals surface area contributed by atoms with Gasteiger partial charge in [-0.1, -0.05) is 33.6 Å². The summed E-state index contributed by atoms with van der Waals surface area (Å²) in [5, 5.41) is 0. The number of carbonyl (C=O) groups is 2. The van der Waals surface area contributed by atoms with Crippen LogP contribution in [0.2, 0.25) is 0 Å². The van der Waals surface area contributed by atoms with Crippen molar-refractivity contribution in [2.24, 2.45) is 5.92 Å². The van der Waals surface area contributed by atoms with Gasteiger partial charge in [-0.25, -0.2) is 19.4 Å². The number of carbonyl (C=O) groups excluding carboxylic acids is 2. The van der Waals surface area contributed by atoms with Gasteiger partial charge in [0.15, 0.2) is 0 Å². The molecule has 0 aliphatic rings. The van der Waals surface area contributed by atoms with Crippen molar-refractivity contribution in [3.63, 3.8) is 0 Å². The van der Waals surface area contributed by atoms with E-state index in [0.717, 1.165) is 19.3 Å². The van der Waals surface area contributed by atoms with Crippen LogP contribution in [0.5, 0.6) is 0 Å². The van der Waals surface area contributed by atoms with Gasteiger partial charge in [0.25, 0.3) is 0 Å². The number of hydrogen-bond donors (Lipinski definition) is 0. The number of hydrogen-bond acceptors (Lipinski definition) is 4. The molecule has 0 radical (unpaired) electrons. The highest BCUT2D eigenvalue weighted by molar-refractivity contribution is 5.74. The smallest absolute Gasteiger partial charge is 0.247 e. The first-order chi connectivity index (χ1) is 7.65. The highest BCUT2D eigenvalue weighted by atomic mass is 17.2. The van der Waals surface area contributed by atoms with Crippen LogP contribution in [0.4, 0.5) is 0 Å². The van der Waals surface area contributed by atoms with Crippen LogP contribution in [0.15, 0.2) is 0 Å². The molecule has 0 aromatic carbocycles. The maximum Gasteiger partial charge on any atom is 0.358 e. The second-order valence-electron chi connectivity index (χ2n) is 3.86. The van der Waals surface area contributed by atoms with Crippen LogP contribution < -0.4 is 0 Å². The Bertz CT molecular complexity index is 213. The zero-order chi connectivity index (χ0) is 12.4. The summed E-state index contributed by atoms with van der Waals surface area (Å²) in [7, 11) is 0. The molecule has 1 atom stereocenters. The minimum Gasteiger partial charge on any atom is -0.247 e. The Morgan fingerprint density at radius 3 is 2.25 bits per heavy atom. The fourth-order valence-corrected chi connectivity index (χ4v) is 1.34. The van der Waals surface area contributed by atoms with E-state index in [1.807, 2.05) is 13.8 Å². The summed E-state index contributed by atoms with van der Waals surface area (Å²) in [5.74, 6) is -1.07. The van der Waals surface area contributed by atoms with Crippen LogP contribution in [0.1, 0.15) is 59.3 Å². The van der Waals surface area contributed by atoms with Gasteiger partial charge < -0.3 is 0 Å². The average molecular weight is 230 g/mol. The van der Waals surface area contributed by atoms with Gasteiger partial charge in [-0.05, 0) is 19.3 Å². The predicted molar refractivity (Wildman–Crippen MR) is 60.4 cm³/mol. The molecule has 0 aromatic rings. The highest BCUT2D eigenvalue weighted by Crippen LogP contribution is 2.14. The quantitative estimate of drug-likeness (QED) is 0.498. The van der Waals surface area contributed by atoms with Crippen molar-refractivity contribution in [2.75, 3.05) is 0 Å². The Hall–Kier alpha value is -1.06. The summed E-state index contributed by atoms with van der Waals surface area (Å²) in [6, 6.07) is 0. The van der Waals surface area contributed by atoms with Gasteiger partial charge >= 0.3 is 11.9 Å². The van der Waals surface area contributed by atoms with Crippen LogP contribution in [0.25, 0.3) is 0 Å². The molecule has 94 valence electrons. The van der Waals surface area contributed by atoms with Crippen LogP contribution in [0, 0.1) is 5.92 Å². The lowest BCUT2D eigenvalue weighted by Crippen LogP contribution is -2.19. The van der Waals surface area contributed by atoms with Crippen LogP contribution in [0.3, 0.4) is 0 Å². The van der Waals surface area contributed by atoms with Crippen molar-refractivity contribution < 1.29 is 19.4 Å². The maximum atomic E-state index is 11.5. The van der Waals surface area contributed by atoms with Crippen LogP contribution >= 0.6 is 0 Å². The van der Waals surface area contributed by atoms with Gasteiger partial charge in [-0.3, -0.25) is 0 Å². The monoisotopic (exact) mass is 230 g/mol. The maximum absolute atomic E-state index is 11.5. The SMILES string of the molecule is CCCCC(CC)C(=O)OOC(=O)CCC. The van der Waals surface area contributed by atoms with E-state index in [1.165, 1.54) is 0 Å². The van der Waals surface area contributed by atoms with E-state index in [1.54, 1.807) is 0 Å². The Balaban J connectivity index is 3.87. The van der Waals surface area contributed by atoms with Crippen molar-refractivity contribution in [2.45, 2.75) is 59.3 Å². The summed E-state index contributed by atoms with van der Waals surface area (Å²) in [4.78, 5) is 31.4.